The first-order valence-electron chi connectivity index (χ1n) is 8.91. The van der Waals surface area contributed by atoms with Crippen LogP contribution in [0.25, 0.3) is 11.0 Å². The minimum Gasteiger partial charge on any atom is -0.460 e. The minimum atomic E-state index is -0.0806. The molecule has 0 aromatic carbocycles. The maximum atomic E-state index is 12.6. The van der Waals surface area contributed by atoms with Crippen molar-refractivity contribution in [2.45, 2.75) is 37.8 Å². The summed E-state index contributed by atoms with van der Waals surface area (Å²) in [6.45, 7) is 3.33. The van der Waals surface area contributed by atoms with E-state index in [0.717, 1.165) is 35.5 Å². The van der Waals surface area contributed by atoms with Gasteiger partial charge in [0, 0.05) is 30.6 Å². The molecular formula is C18H22N4O2. The second kappa shape index (κ2) is 5.48. The molecule has 2 N–H and O–H groups in total. The van der Waals surface area contributed by atoms with Crippen LogP contribution in [-0.2, 0) is 0 Å². The quantitative estimate of drug-likeness (QED) is 0.901. The molecule has 2 aromatic rings. The van der Waals surface area contributed by atoms with Gasteiger partial charge in [0.25, 0.3) is 5.91 Å². The van der Waals surface area contributed by atoms with E-state index in [-0.39, 0.29) is 11.9 Å². The lowest BCUT2D eigenvalue weighted by atomic mass is 9.97. The number of aromatic nitrogens is 1. The molecule has 3 aliphatic rings. The van der Waals surface area contributed by atoms with E-state index in [4.69, 9.17) is 4.42 Å². The fourth-order valence-electron chi connectivity index (χ4n) is 4.04. The Hall–Kier alpha value is -2.08. The van der Waals surface area contributed by atoms with Crippen LogP contribution in [0.4, 0.5) is 5.69 Å². The van der Waals surface area contributed by atoms with Gasteiger partial charge in [0.05, 0.1) is 11.9 Å². The van der Waals surface area contributed by atoms with Crippen molar-refractivity contribution in [3.05, 3.63) is 24.2 Å². The lowest BCUT2D eigenvalue weighted by Crippen LogP contribution is -2.47. The molecule has 4 heterocycles. The number of furan rings is 1. The topological polar surface area (TPSA) is 70.4 Å². The van der Waals surface area contributed by atoms with Crippen molar-refractivity contribution in [2.75, 3.05) is 25.0 Å². The van der Waals surface area contributed by atoms with Crippen LogP contribution in [0.2, 0.25) is 0 Å². The highest BCUT2D eigenvalue weighted by atomic mass is 16.3. The number of rotatable bonds is 4. The van der Waals surface area contributed by atoms with Gasteiger partial charge in [-0.1, -0.05) is 0 Å². The molecule has 2 aliphatic heterocycles. The number of carbonyl (C=O) groups excluding carboxylic acids is 1. The van der Waals surface area contributed by atoms with Crippen molar-refractivity contribution in [2.24, 2.45) is 5.92 Å². The average molecular weight is 326 g/mol. The van der Waals surface area contributed by atoms with Crippen molar-refractivity contribution >= 4 is 22.6 Å². The SMILES string of the molecule is O=C(N[C@@H]1C[C@H]2CCN(C2)C1)c1cc2c(NC3CC3)coc2cn1. The number of hydrogen-bond donors (Lipinski definition) is 2. The molecule has 0 spiro atoms. The van der Waals surface area contributed by atoms with Crippen LogP contribution in [-0.4, -0.2) is 47.5 Å². The van der Waals surface area contributed by atoms with Gasteiger partial charge >= 0.3 is 0 Å². The predicted octanol–water partition coefficient (Wildman–Crippen LogP) is 2.23. The van der Waals surface area contributed by atoms with Crippen LogP contribution in [0.3, 0.4) is 0 Å². The van der Waals surface area contributed by atoms with Crippen molar-refractivity contribution in [3.8, 4) is 0 Å². The number of fused-ring (bicyclic) bond motifs is 3. The fourth-order valence-corrected chi connectivity index (χ4v) is 4.04. The maximum absolute atomic E-state index is 12.6. The Bertz CT molecular complexity index is 770. The monoisotopic (exact) mass is 326 g/mol. The molecule has 6 heteroatoms. The third-order valence-corrected chi connectivity index (χ3v) is 5.43. The fraction of sp³-hybridized carbons (Fsp3) is 0.556. The number of amides is 1. The highest BCUT2D eigenvalue weighted by Crippen LogP contribution is 2.31. The van der Waals surface area contributed by atoms with Crippen LogP contribution in [0.1, 0.15) is 36.2 Å². The number of piperidine rings is 1. The molecule has 1 aliphatic carbocycles. The Morgan fingerprint density at radius 1 is 1.25 bits per heavy atom. The number of nitrogens with one attached hydrogen (secondary N) is 2. The molecule has 6 nitrogen and oxygen atoms in total. The van der Waals surface area contributed by atoms with Gasteiger partial charge in [-0.05, 0) is 44.2 Å². The van der Waals surface area contributed by atoms with Gasteiger partial charge in [-0.3, -0.25) is 4.79 Å². The second-order valence-electron chi connectivity index (χ2n) is 7.45. The highest BCUT2D eigenvalue weighted by molar-refractivity contribution is 5.99. The van der Waals surface area contributed by atoms with Gasteiger partial charge in [0.2, 0.25) is 0 Å². The summed E-state index contributed by atoms with van der Waals surface area (Å²) in [5.74, 6) is 0.658. The van der Waals surface area contributed by atoms with Gasteiger partial charge in [0.1, 0.15) is 12.0 Å². The first kappa shape index (κ1) is 14.3. The molecule has 3 fully saturated rings. The predicted molar refractivity (Wildman–Crippen MR) is 91.1 cm³/mol. The van der Waals surface area contributed by atoms with Gasteiger partial charge in [-0.2, -0.15) is 0 Å². The Labute approximate surface area is 140 Å². The summed E-state index contributed by atoms with van der Waals surface area (Å²) >= 11 is 0. The largest absolute Gasteiger partial charge is 0.460 e. The zero-order valence-corrected chi connectivity index (χ0v) is 13.6. The zero-order chi connectivity index (χ0) is 16.1. The zero-order valence-electron chi connectivity index (χ0n) is 13.6. The lowest BCUT2D eigenvalue weighted by Gasteiger charge is -2.30. The summed E-state index contributed by atoms with van der Waals surface area (Å²) in [6, 6.07) is 2.63. The van der Waals surface area contributed by atoms with Crippen LogP contribution >= 0.6 is 0 Å². The molecule has 3 atom stereocenters. The Kier molecular flexibility index (Phi) is 3.26. The summed E-state index contributed by atoms with van der Waals surface area (Å²) in [7, 11) is 0. The first-order chi connectivity index (χ1) is 11.7. The molecule has 2 saturated heterocycles. The third-order valence-electron chi connectivity index (χ3n) is 5.43. The minimum absolute atomic E-state index is 0.0806. The summed E-state index contributed by atoms with van der Waals surface area (Å²) in [5, 5.41) is 7.56. The number of nitrogens with zero attached hydrogens (tertiary/aromatic N) is 2. The van der Waals surface area contributed by atoms with Crippen molar-refractivity contribution in [1.29, 1.82) is 0 Å². The summed E-state index contributed by atoms with van der Waals surface area (Å²) < 4.78 is 5.54. The first-order valence-corrected chi connectivity index (χ1v) is 8.91. The van der Waals surface area contributed by atoms with Crippen molar-refractivity contribution < 1.29 is 9.21 Å². The third kappa shape index (κ3) is 2.65. The maximum Gasteiger partial charge on any atom is 0.270 e. The van der Waals surface area contributed by atoms with E-state index >= 15 is 0 Å². The van der Waals surface area contributed by atoms with Crippen LogP contribution < -0.4 is 10.6 Å². The molecule has 24 heavy (non-hydrogen) atoms. The van der Waals surface area contributed by atoms with E-state index in [9.17, 15) is 4.79 Å². The van der Waals surface area contributed by atoms with E-state index in [0.29, 0.717) is 11.7 Å². The van der Waals surface area contributed by atoms with Gasteiger partial charge in [0.15, 0.2) is 5.58 Å². The van der Waals surface area contributed by atoms with E-state index in [1.54, 1.807) is 12.5 Å². The van der Waals surface area contributed by atoms with E-state index in [1.165, 1.54) is 32.4 Å². The molecule has 1 unspecified atom stereocenters. The van der Waals surface area contributed by atoms with Crippen molar-refractivity contribution in [3.63, 3.8) is 0 Å². The lowest BCUT2D eigenvalue weighted by molar-refractivity contribution is 0.0904. The number of carbonyl (C=O) groups is 1. The molecule has 2 bridgehead atoms. The second-order valence-corrected chi connectivity index (χ2v) is 7.45. The Morgan fingerprint density at radius 2 is 2.17 bits per heavy atom. The molecule has 1 amide bonds. The van der Waals surface area contributed by atoms with Gasteiger partial charge in [-0.15, -0.1) is 0 Å². The van der Waals surface area contributed by atoms with Crippen LogP contribution in [0.5, 0.6) is 0 Å². The van der Waals surface area contributed by atoms with Crippen LogP contribution in [0.15, 0.2) is 22.9 Å². The van der Waals surface area contributed by atoms with Gasteiger partial charge < -0.3 is 20.0 Å². The molecule has 1 saturated carbocycles. The standard InChI is InChI=1S/C18H22N4O2/c23-18(21-13-5-11-3-4-22(8-11)9-13)15-6-14-16(20-12-1-2-12)10-24-17(14)7-19-15/h6-7,10-13,20H,1-5,8-9H2,(H,21,23)/t11-,13-/m1/s1. The summed E-state index contributed by atoms with van der Waals surface area (Å²) in [6.07, 6.45) is 8.12. The molecule has 0 radical (unpaired) electrons. The van der Waals surface area contributed by atoms with Crippen LogP contribution in [0, 0.1) is 5.92 Å². The molecule has 5 rings (SSSR count). The molecular weight excluding hydrogens is 304 g/mol. The van der Waals surface area contributed by atoms with Gasteiger partial charge in [-0.25, -0.2) is 4.98 Å². The Morgan fingerprint density at radius 3 is 3.00 bits per heavy atom. The van der Waals surface area contributed by atoms with E-state index in [1.807, 2.05) is 6.07 Å². The Balaban J connectivity index is 1.34. The summed E-state index contributed by atoms with van der Waals surface area (Å²) in [5.41, 5.74) is 2.15. The average Bonchev–Trinajstić information content (AvgIpc) is 3.22. The normalized spacial score (nSPS) is 28.9. The smallest absolute Gasteiger partial charge is 0.270 e. The van der Waals surface area contributed by atoms with E-state index in [2.05, 4.69) is 20.5 Å². The molecule has 2 aromatic heterocycles. The number of hydrogen-bond acceptors (Lipinski definition) is 5. The number of anilines is 1. The highest BCUT2D eigenvalue weighted by Gasteiger charge is 2.33. The van der Waals surface area contributed by atoms with Crippen molar-refractivity contribution in [1.82, 2.24) is 15.2 Å². The molecule has 126 valence electrons. The number of pyridine rings is 1. The summed E-state index contributed by atoms with van der Waals surface area (Å²) in [4.78, 5) is 19.3. The van der Waals surface area contributed by atoms with E-state index < -0.39 is 0 Å².